The van der Waals surface area contributed by atoms with Crippen molar-refractivity contribution in [3.8, 4) is 0 Å². The number of thiophene rings is 1. The molecule has 6 heteroatoms. The molecule has 2 aromatic carbocycles. The molecule has 0 aliphatic carbocycles. The van der Waals surface area contributed by atoms with Gasteiger partial charge in [0.2, 0.25) is 0 Å². The maximum atomic E-state index is 12.6. The largest absolute Gasteiger partial charge is 0.491 e. The van der Waals surface area contributed by atoms with Crippen molar-refractivity contribution < 1.29 is 14.5 Å². The van der Waals surface area contributed by atoms with Crippen LogP contribution in [-0.2, 0) is 17.7 Å². The topological polar surface area (TPSA) is 46.5 Å². The van der Waals surface area contributed by atoms with Crippen molar-refractivity contribution in [3.63, 3.8) is 0 Å². The summed E-state index contributed by atoms with van der Waals surface area (Å²) in [7, 11) is -0.895. The van der Waals surface area contributed by atoms with Crippen molar-refractivity contribution in [2.24, 2.45) is 0 Å². The zero-order valence-electron chi connectivity index (χ0n) is 12.1. The smallest absolute Gasteiger partial charge is 0.423 e. The first-order chi connectivity index (χ1) is 11.1. The average molecular weight is 343 g/mol. The molecule has 4 rings (SSSR count). The van der Waals surface area contributed by atoms with Gasteiger partial charge in [-0.1, -0.05) is 48.0 Å². The van der Waals surface area contributed by atoms with E-state index in [1.54, 1.807) is 0 Å². The molecule has 0 spiro atoms. The predicted molar refractivity (Wildman–Crippen MR) is 93.7 cm³/mol. The third-order valence-corrected chi connectivity index (χ3v) is 5.74. The van der Waals surface area contributed by atoms with Crippen LogP contribution in [0.3, 0.4) is 0 Å². The van der Waals surface area contributed by atoms with Crippen molar-refractivity contribution in [1.82, 2.24) is 0 Å². The van der Waals surface area contributed by atoms with E-state index in [0.717, 1.165) is 26.7 Å². The Morgan fingerprint density at radius 2 is 2.13 bits per heavy atom. The van der Waals surface area contributed by atoms with Gasteiger partial charge >= 0.3 is 7.12 Å². The minimum atomic E-state index is -0.895. The number of ketones is 1. The second kappa shape index (κ2) is 5.76. The normalized spacial score (nSPS) is 13.6. The van der Waals surface area contributed by atoms with E-state index in [-0.39, 0.29) is 12.2 Å². The molecule has 0 saturated heterocycles. The van der Waals surface area contributed by atoms with E-state index < -0.39 is 7.12 Å². The summed E-state index contributed by atoms with van der Waals surface area (Å²) in [5.74, 6) is -0.00967. The van der Waals surface area contributed by atoms with Crippen molar-refractivity contribution >= 4 is 51.4 Å². The maximum absolute atomic E-state index is 12.6. The van der Waals surface area contributed by atoms with Crippen molar-refractivity contribution in [1.29, 1.82) is 0 Å². The molecule has 1 aromatic heterocycles. The Hall–Kier alpha value is -1.66. The highest BCUT2D eigenvalue weighted by Crippen LogP contribution is 2.35. The van der Waals surface area contributed by atoms with Crippen LogP contribution >= 0.6 is 22.9 Å². The molecule has 3 nitrogen and oxygen atoms in total. The van der Waals surface area contributed by atoms with E-state index in [1.165, 1.54) is 11.3 Å². The summed E-state index contributed by atoms with van der Waals surface area (Å²) in [6.07, 6.45) is 0.256. The second-order valence-electron chi connectivity index (χ2n) is 5.54. The van der Waals surface area contributed by atoms with E-state index in [0.29, 0.717) is 16.5 Å². The number of halogens is 1. The van der Waals surface area contributed by atoms with Gasteiger partial charge in [0.1, 0.15) is 0 Å². The van der Waals surface area contributed by atoms with Crippen LogP contribution in [0.15, 0.2) is 42.5 Å². The minimum Gasteiger partial charge on any atom is -0.423 e. The molecule has 23 heavy (non-hydrogen) atoms. The summed E-state index contributed by atoms with van der Waals surface area (Å²) < 4.78 is 6.19. The molecular formula is C17H12BClO3S. The number of fused-ring (bicyclic) bond motifs is 2. The Bertz CT molecular complexity index is 921. The average Bonchev–Trinajstić information content (AvgIpc) is 3.09. The molecule has 2 heterocycles. The highest BCUT2D eigenvalue weighted by molar-refractivity contribution is 7.21. The first-order valence-corrected chi connectivity index (χ1v) is 8.44. The Kier molecular flexibility index (Phi) is 3.74. The fourth-order valence-corrected chi connectivity index (χ4v) is 4.31. The van der Waals surface area contributed by atoms with E-state index >= 15 is 0 Å². The van der Waals surface area contributed by atoms with Gasteiger partial charge in [0.25, 0.3) is 0 Å². The molecule has 0 unspecified atom stereocenters. The molecule has 1 N–H and O–H groups in total. The summed E-state index contributed by atoms with van der Waals surface area (Å²) in [4.78, 5) is 13.2. The molecule has 1 aliphatic rings. The molecule has 0 fully saturated rings. The van der Waals surface area contributed by atoms with Gasteiger partial charge in [-0.2, -0.15) is 0 Å². The molecule has 114 valence electrons. The standard InChI is InChI=1S/C17H12BClO3S/c19-16-12-3-1-2-4-15(12)23-17(16)14(20)8-10-5-6-11-9-22-18(21)13(11)7-10/h1-7,21H,8-9H2. The van der Waals surface area contributed by atoms with Gasteiger partial charge in [-0.15, -0.1) is 11.3 Å². The second-order valence-corrected chi connectivity index (χ2v) is 6.97. The maximum Gasteiger partial charge on any atom is 0.491 e. The van der Waals surface area contributed by atoms with Crippen LogP contribution in [0.5, 0.6) is 0 Å². The number of hydrogen-bond donors (Lipinski definition) is 1. The van der Waals surface area contributed by atoms with Crippen molar-refractivity contribution in [2.75, 3.05) is 0 Å². The van der Waals surface area contributed by atoms with Gasteiger partial charge in [-0.05, 0) is 22.7 Å². The number of carbonyl (C=O) groups excluding carboxylic acids is 1. The Labute approximate surface area is 142 Å². The lowest BCUT2D eigenvalue weighted by Gasteiger charge is -2.04. The first kappa shape index (κ1) is 14.9. The number of benzene rings is 2. The van der Waals surface area contributed by atoms with Crippen molar-refractivity contribution in [2.45, 2.75) is 13.0 Å². The van der Waals surface area contributed by atoms with Crippen LogP contribution < -0.4 is 5.46 Å². The van der Waals surface area contributed by atoms with Gasteiger partial charge in [-0.25, -0.2) is 0 Å². The SMILES string of the molecule is O=C(Cc1ccc2c(c1)B(O)OC2)c1sc2ccccc2c1Cl. The zero-order chi connectivity index (χ0) is 16.0. The lowest BCUT2D eigenvalue weighted by atomic mass is 9.78. The van der Waals surface area contributed by atoms with Gasteiger partial charge in [0.05, 0.1) is 16.5 Å². The van der Waals surface area contributed by atoms with Crippen LogP contribution in [0.25, 0.3) is 10.1 Å². The van der Waals surface area contributed by atoms with E-state index in [2.05, 4.69) is 0 Å². The molecule has 0 atom stereocenters. The highest BCUT2D eigenvalue weighted by Gasteiger charge is 2.27. The molecule has 0 amide bonds. The summed E-state index contributed by atoms with van der Waals surface area (Å²) in [6.45, 7) is 0.410. The van der Waals surface area contributed by atoms with Gasteiger partial charge in [0.15, 0.2) is 5.78 Å². The number of carbonyl (C=O) groups is 1. The highest BCUT2D eigenvalue weighted by atomic mass is 35.5. The molecular weight excluding hydrogens is 331 g/mol. The van der Waals surface area contributed by atoms with E-state index in [9.17, 15) is 9.82 Å². The number of rotatable bonds is 3. The third-order valence-electron chi connectivity index (χ3n) is 4.03. The summed E-state index contributed by atoms with van der Waals surface area (Å²) >= 11 is 7.79. The summed E-state index contributed by atoms with van der Waals surface area (Å²) in [6, 6.07) is 13.4. The van der Waals surface area contributed by atoms with Crippen LogP contribution in [-0.4, -0.2) is 17.9 Å². The lowest BCUT2D eigenvalue weighted by molar-refractivity contribution is 0.0997. The molecule has 1 aliphatic heterocycles. The third kappa shape index (κ3) is 2.60. The first-order valence-electron chi connectivity index (χ1n) is 7.25. The fourth-order valence-electron chi connectivity index (χ4n) is 2.83. The summed E-state index contributed by atoms with van der Waals surface area (Å²) in [5.41, 5.74) is 2.57. The zero-order valence-corrected chi connectivity index (χ0v) is 13.7. The van der Waals surface area contributed by atoms with Gasteiger partial charge < -0.3 is 9.68 Å². The van der Waals surface area contributed by atoms with Crippen LogP contribution in [0, 0.1) is 0 Å². The lowest BCUT2D eigenvalue weighted by Crippen LogP contribution is -2.28. The van der Waals surface area contributed by atoms with E-state index in [4.69, 9.17) is 16.3 Å². The monoisotopic (exact) mass is 342 g/mol. The Balaban J connectivity index is 1.65. The number of Topliss-reactive ketones (excluding diaryl/α,β-unsaturated/α-hetero) is 1. The Morgan fingerprint density at radius 3 is 2.96 bits per heavy atom. The minimum absolute atomic E-state index is 0.00967. The van der Waals surface area contributed by atoms with Crippen LogP contribution in [0.2, 0.25) is 5.02 Å². The molecule has 3 aromatic rings. The molecule has 0 saturated carbocycles. The van der Waals surface area contributed by atoms with Gasteiger partial charge in [-0.3, -0.25) is 4.79 Å². The molecule has 0 radical (unpaired) electrons. The van der Waals surface area contributed by atoms with Gasteiger partial charge in [0, 0.05) is 16.5 Å². The summed E-state index contributed by atoms with van der Waals surface area (Å²) in [5, 5.41) is 11.2. The molecule has 0 bridgehead atoms. The van der Waals surface area contributed by atoms with Crippen molar-refractivity contribution in [3.05, 3.63) is 63.5 Å². The fraction of sp³-hybridized carbons (Fsp3) is 0.118. The van der Waals surface area contributed by atoms with Crippen LogP contribution in [0.4, 0.5) is 0 Å². The van der Waals surface area contributed by atoms with Crippen LogP contribution in [0.1, 0.15) is 20.8 Å². The van der Waals surface area contributed by atoms with E-state index in [1.807, 2.05) is 42.5 Å². The Morgan fingerprint density at radius 1 is 1.30 bits per heavy atom. The quantitative estimate of drug-likeness (QED) is 0.587. The number of hydrogen-bond acceptors (Lipinski definition) is 4. The predicted octanol–water partition coefficient (Wildman–Crippen LogP) is 3.20.